The molecule has 0 saturated carbocycles. The van der Waals surface area contributed by atoms with E-state index in [1.54, 1.807) is 14.2 Å². The van der Waals surface area contributed by atoms with Crippen LogP contribution in [0.3, 0.4) is 0 Å². The second-order valence-corrected chi connectivity index (χ2v) is 6.70. The SMILES string of the molecule is C=C(CO)COC(c1ccccc1)(c1ccc(OC)cc1)c1ccc(OC)cc1. The van der Waals surface area contributed by atoms with Gasteiger partial charge in [-0.2, -0.15) is 0 Å². The molecule has 0 bridgehead atoms. The molecule has 0 fully saturated rings. The molecule has 0 atom stereocenters. The van der Waals surface area contributed by atoms with Crippen LogP contribution in [-0.4, -0.2) is 32.5 Å². The van der Waals surface area contributed by atoms with E-state index in [2.05, 4.69) is 6.58 Å². The molecule has 4 heteroatoms. The van der Waals surface area contributed by atoms with Crippen molar-refractivity contribution >= 4 is 0 Å². The van der Waals surface area contributed by atoms with Gasteiger partial charge in [0.05, 0.1) is 27.4 Å². The largest absolute Gasteiger partial charge is 0.497 e. The van der Waals surface area contributed by atoms with E-state index in [0.29, 0.717) is 5.57 Å². The van der Waals surface area contributed by atoms with Gasteiger partial charge in [0, 0.05) is 0 Å². The molecule has 150 valence electrons. The van der Waals surface area contributed by atoms with Crippen LogP contribution in [0.25, 0.3) is 0 Å². The Bertz CT molecular complexity index is 868. The highest BCUT2D eigenvalue weighted by molar-refractivity contribution is 5.49. The first kappa shape index (κ1) is 20.6. The fraction of sp³-hybridized carbons (Fsp3) is 0.200. The number of aliphatic hydroxyl groups is 1. The number of hydrogen-bond donors (Lipinski definition) is 1. The van der Waals surface area contributed by atoms with Gasteiger partial charge in [0.2, 0.25) is 0 Å². The Labute approximate surface area is 172 Å². The molecule has 0 aliphatic carbocycles. The van der Waals surface area contributed by atoms with Gasteiger partial charge in [-0.05, 0) is 46.5 Å². The molecule has 0 saturated heterocycles. The van der Waals surface area contributed by atoms with E-state index < -0.39 is 5.60 Å². The van der Waals surface area contributed by atoms with Crippen LogP contribution >= 0.6 is 0 Å². The minimum atomic E-state index is -0.891. The van der Waals surface area contributed by atoms with Crippen LogP contribution in [0.4, 0.5) is 0 Å². The van der Waals surface area contributed by atoms with E-state index in [4.69, 9.17) is 14.2 Å². The van der Waals surface area contributed by atoms with Crippen molar-refractivity contribution in [3.8, 4) is 11.5 Å². The summed E-state index contributed by atoms with van der Waals surface area (Å²) in [6, 6.07) is 25.7. The molecule has 0 unspecified atom stereocenters. The van der Waals surface area contributed by atoms with Gasteiger partial charge in [-0.3, -0.25) is 0 Å². The molecular weight excluding hydrogens is 364 g/mol. The standard InChI is InChI=1S/C25H26O4/c1-19(17-26)18-29-25(20-7-5-4-6-8-20,21-9-13-23(27-2)14-10-21)22-11-15-24(28-3)16-12-22/h4-16,26H,1,17-18H2,2-3H3. The first-order chi connectivity index (χ1) is 14.1. The second-order valence-electron chi connectivity index (χ2n) is 6.70. The van der Waals surface area contributed by atoms with E-state index in [1.807, 2.05) is 78.9 Å². The summed E-state index contributed by atoms with van der Waals surface area (Å²) in [4.78, 5) is 0. The Hall–Kier alpha value is -3.08. The maximum atomic E-state index is 9.47. The molecule has 3 rings (SSSR count). The molecule has 0 amide bonds. The Kier molecular flexibility index (Phi) is 6.70. The Morgan fingerprint density at radius 3 is 1.62 bits per heavy atom. The lowest BCUT2D eigenvalue weighted by atomic mass is 9.80. The van der Waals surface area contributed by atoms with Crippen LogP contribution in [-0.2, 0) is 10.3 Å². The highest BCUT2D eigenvalue weighted by Gasteiger charge is 2.37. The zero-order chi connectivity index (χ0) is 20.7. The molecule has 3 aromatic rings. The highest BCUT2D eigenvalue weighted by Crippen LogP contribution is 2.41. The molecule has 1 N–H and O–H groups in total. The third-order valence-electron chi connectivity index (χ3n) is 4.89. The van der Waals surface area contributed by atoms with Gasteiger partial charge in [0.25, 0.3) is 0 Å². The summed E-state index contributed by atoms with van der Waals surface area (Å²) < 4.78 is 17.2. The monoisotopic (exact) mass is 390 g/mol. The molecule has 0 aliphatic rings. The predicted octanol–water partition coefficient (Wildman–Crippen LogP) is 4.56. The number of aliphatic hydroxyl groups excluding tert-OH is 1. The topological polar surface area (TPSA) is 47.9 Å². The lowest BCUT2D eigenvalue weighted by Crippen LogP contribution is -2.33. The lowest BCUT2D eigenvalue weighted by Gasteiger charge is -2.36. The van der Waals surface area contributed by atoms with Crippen LogP contribution < -0.4 is 9.47 Å². The molecule has 3 aromatic carbocycles. The summed E-state index contributed by atoms with van der Waals surface area (Å²) in [6.07, 6.45) is 0. The Morgan fingerprint density at radius 1 is 0.759 bits per heavy atom. The van der Waals surface area contributed by atoms with Crippen LogP contribution in [0.5, 0.6) is 11.5 Å². The van der Waals surface area contributed by atoms with E-state index in [1.165, 1.54) is 0 Å². The van der Waals surface area contributed by atoms with Gasteiger partial charge in [-0.25, -0.2) is 0 Å². The van der Waals surface area contributed by atoms with Crippen LogP contribution in [0, 0.1) is 0 Å². The fourth-order valence-electron chi connectivity index (χ4n) is 3.33. The van der Waals surface area contributed by atoms with Gasteiger partial charge in [-0.1, -0.05) is 61.2 Å². The summed E-state index contributed by atoms with van der Waals surface area (Å²) in [5, 5.41) is 9.47. The van der Waals surface area contributed by atoms with Crippen molar-refractivity contribution in [1.29, 1.82) is 0 Å². The summed E-state index contributed by atoms with van der Waals surface area (Å²) in [7, 11) is 3.29. The van der Waals surface area contributed by atoms with Gasteiger partial charge in [-0.15, -0.1) is 0 Å². The maximum absolute atomic E-state index is 9.47. The van der Waals surface area contributed by atoms with E-state index in [0.717, 1.165) is 28.2 Å². The van der Waals surface area contributed by atoms with Crippen molar-refractivity contribution < 1.29 is 19.3 Å². The molecule has 0 aliphatic heterocycles. The fourth-order valence-corrected chi connectivity index (χ4v) is 3.33. The van der Waals surface area contributed by atoms with Crippen molar-refractivity contribution in [2.75, 3.05) is 27.4 Å². The number of rotatable bonds is 9. The van der Waals surface area contributed by atoms with E-state index >= 15 is 0 Å². The lowest BCUT2D eigenvalue weighted by molar-refractivity contribution is 0.0245. The van der Waals surface area contributed by atoms with Crippen LogP contribution in [0.15, 0.2) is 91.0 Å². The van der Waals surface area contributed by atoms with Crippen molar-refractivity contribution in [2.45, 2.75) is 5.60 Å². The highest BCUT2D eigenvalue weighted by atomic mass is 16.5. The normalized spacial score (nSPS) is 11.1. The average Bonchev–Trinajstić information content (AvgIpc) is 2.80. The van der Waals surface area contributed by atoms with Gasteiger partial charge >= 0.3 is 0 Å². The number of hydrogen-bond acceptors (Lipinski definition) is 4. The molecule has 0 radical (unpaired) electrons. The third-order valence-corrected chi connectivity index (χ3v) is 4.89. The first-order valence-electron chi connectivity index (χ1n) is 9.40. The average molecular weight is 390 g/mol. The Balaban J connectivity index is 2.22. The maximum Gasteiger partial charge on any atom is 0.144 e. The van der Waals surface area contributed by atoms with Crippen LogP contribution in [0.1, 0.15) is 16.7 Å². The van der Waals surface area contributed by atoms with Gasteiger partial charge in [0.1, 0.15) is 17.1 Å². The van der Waals surface area contributed by atoms with E-state index in [9.17, 15) is 5.11 Å². The Morgan fingerprint density at radius 2 is 1.21 bits per heavy atom. The van der Waals surface area contributed by atoms with Crippen molar-refractivity contribution in [2.24, 2.45) is 0 Å². The van der Waals surface area contributed by atoms with Crippen molar-refractivity contribution in [1.82, 2.24) is 0 Å². The second kappa shape index (κ2) is 9.41. The smallest absolute Gasteiger partial charge is 0.144 e. The summed E-state index contributed by atoms with van der Waals surface area (Å²) in [6.45, 7) is 3.98. The van der Waals surface area contributed by atoms with E-state index in [-0.39, 0.29) is 13.2 Å². The van der Waals surface area contributed by atoms with Gasteiger partial charge < -0.3 is 19.3 Å². The zero-order valence-corrected chi connectivity index (χ0v) is 16.8. The molecule has 29 heavy (non-hydrogen) atoms. The minimum Gasteiger partial charge on any atom is -0.497 e. The molecule has 0 heterocycles. The number of methoxy groups -OCH3 is 2. The van der Waals surface area contributed by atoms with Gasteiger partial charge in [0.15, 0.2) is 0 Å². The molecular formula is C25H26O4. The zero-order valence-electron chi connectivity index (χ0n) is 16.8. The number of benzene rings is 3. The van der Waals surface area contributed by atoms with Crippen molar-refractivity contribution in [3.63, 3.8) is 0 Å². The van der Waals surface area contributed by atoms with Crippen LogP contribution in [0.2, 0.25) is 0 Å². The first-order valence-corrected chi connectivity index (χ1v) is 9.40. The third kappa shape index (κ3) is 4.34. The molecule has 4 nitrogen and oxygen atoms in total. The number of ether oxygens (including phenoxy) is 3. The predicted molar refractivity (Wildman–Crippen MR) is 114 cm³/mol. The summed E-state index contributed by atoms with van der Waals surface area (Å²) >= 11 is 0. The summed E-state index contributed by atoms with van der Waals surface area (Å²) in [5.41, 5.74) is 2.58. The minimum absolute atomic E-state index is 0.129. The molecule has 0 aromatic heterocycles. The quantitative estimate of drug-likeness (QED) is 0.430. The summed E-state index contributed by atoms with van der Waals surface area (Å²) in [5.74, 6) is 1.54. The van der Waals surface area contributed by atoms with Crippen molar-refractivity contribution in [3.05, 3.63) is 108 Å². The molecule has 0 spiro atoms.